The highest BCUT2D eigenvalue weighted by Crippen LogP contribution is 2.18. The Kier molecular flexibility index (Phi) is 3.79. The van der Waals surface area contributed by atoms with Gasteiger partial charge in [-0.1, -0.05) is 6.07 Å². The average Bonchev–Trinajstić information content (AvgIpc) is 2.79. The van der Waals surface area contributed by atoms with E-state index in [-0.39, 0.29) is 0 Å². The van der Waals surface area contributed by atoms with Crippen molar-refractivity contribution in [1.82, 2.24) is 20.1 Å². The Morgan fingerprint density at radius 2 is 2.05 bits per heavy atom. The minimum atomic E-state index is 0.403. The molecule has 0 bridgehead atoms. The number of rotatable bonds is 4. The van der Waals surface area contributed by atoms with E-state index >= 15 is 0 Å². The molecule has 0 unspecified atom stereocenters. The molecule has 2 aromatic rings. The predicted octanol–water partition coefficient (Wildman–Crippen LogP) is 2.39. The molecule has 2 rings (SSSR count). The third kappa shape index (κ3) is 3.54. The number of hydrogen-bond acceptors (Lipinski definition) is 4. The van der Waals surface area contributed by atoms with Gasteiger partial charge in [0.25, 0.3) is 5.95 Å². The van der Waals surface area contributed by atoms with E-state index in [4.69, 9.17) is 0 Å². The molecule has 0 saturated carbocycles. The van der Waals surface area contributed by atoms with Crippen molar-refractivity contribution in [3.05, 3.63) is 29.3 Å². The average molecular weight is 258 g/mol. The molecule has 1 aromatic heterocycles. The van der Waals surface area contributed by atoms with Crippen LogP contribution < -0.4 is 5.32 Å². The van der Waals surface area contributed by atoms with E-state index in [1.165, 1.54) is 11.1 Å². The molecule has 0 amide bonds. The van der Waals surface area contributed by atoms with Crippen LogP contribution in [0.4, 0.5) is 17.6 Å². The van der Waals surface area contributed by atoms with Crippen molar-refractivity contribution in [3.8, 4) is 0 Å². The summed E-state index contributed by atoms with van der Waals surface area (Å²) in [5.41, 5.74) is 3.47. The highest BCUT2D eigenvalue weighted by molar-refractivity contribution is 5.59. The number of nitrogens with one attached hydrogen (secondary N) is 2. The summed E-state index contributed by atoms with van der Waals surface area (Å²) in [4.78, 5) is 10.2. The molecule has 0 radical (unpaired) electrons. The Bertz CT molecular complexity index is 585. The molecular formula is C13H18N6. The van der Waals surface area contributed by atoms with E-state index in [1.54, 1.807) is 6.34 Å². The van der Waals surface area contributed by atoms with E-state index in [0.717, 1.165) is 5.69 Å². The maximum Gasteiger partial charge on any atom is 0.271 e. The summed E-state index contributed by atoms with van der Waals surface area (Å²) in [7, 11) is 3.79. The molecule has 0 aliphatic carbocycles. The van der Waals surface area contributed by atoms with Gasteiger partial charge in [0.1, 0.15) is 0 Å². The summed E-state index contributed by atoms with van der Waals surface area (Å²) in [6.45, 7) is 4.16. The first-order valence-electron chi connectivity index (χ1n) is 6.02. The van der Waals surface area contributed by atoms with E-state index < -0.39 is 0 Å². The minimum absolute atomic E-state index is 0.403. The molecule has 2 N–H and O–H groups in total. The van der Waals surface area contributed by atoms with Crippen LogP contribution in [0.1, 0.15) is 11.1 Å². The fraction of sp³-hybridized carbons (Fsp3) is 0.308. The lowest BCUT2D eigenvalue weighted by atomic mass is 10.1. The zero-order valence-corrected chi connectivity index (χ0v) is 11.6. The van der Waals surface area contributed by atoms with Crippen molar-refractivity contribution in [2.75, 3.05) is 19.4 Å². The molecule has 1 heterocycles. The molecule has 0 aliphatic heterocycles. The van der Waals surface area contributed by atoms with Crippen LogP contribution in [0.2, 0.25) is 0 Å². The van der Waals surface area contributed by atoms with Crippen LogP contribution in [0.25, 0.3) is 0 Å². The topological polar surface area (TPSA) is 69.2 Å². The highest BCUT2D eigenvalue weighted by atomic mass is 15.3. The fourth-order valence-electron chi connectivity index (χ4n) is 1.49. The van der Waals surface area contributed by atoms with Gasteiger partial charge in [-0.3, -0.25) is 0 Å². The zero-order chi connectivity index (χ0) is 13.8. The van der Waals surface area contributed by atoms with E-state index in [0.29, 0.717) is 11.9 Å². The van der Waals surface area contributed by atoms with Crippen LogP contribution in [0.3, 0.4) is 0 Å². The molecule has 100 valence electrons. The molecular weight excluding hydrogens is 240 g/mol. The number of H-pyrrole nitrogens is 1. The second-order valence-corrected chi connectivity index (χ2v) is 4.62. The van der Waals surface area contributed by atoms with Gasteiger partial charge in [-0.25, -0.2) is 10.1 Å². The number of hydrogen-bond donors (Lipinski definition) is 2. The highest BCUT2D eigenvalue weighted by Gasteiger charge is 2.02. The third-order valence-corrected chi connectivity index (χ3v) is 2.65. The summed E-state index contributed by atoms with van der Waals surface area (Å²) >= 11 is 0. The summed E-state index contributed by atoms with van der Waals surface area (Å²) in [5, 5.41) is 9.97. The minimum Gasteiger partial charge on any atom is -0.369 e. The largest absolute Gasteiger partial charge is 0.369 e. The molecule has 1 aromatic carbocycles. The van der Waals surface area contributed by atoms with E-state index in [1.807, 2.05) is 25.1 Å². The summed E-state index contributed by atoms with van der Waals surface area (Å²) in [6, 6.07) is 6.15. The number of benzene rings is 1. The van der Waals surface area contributed by atoms with Crippen molar-refractivity contribution < 1.29 is 0 Å². The Hall–Kier alpha value is -2.37. The Morgan fingerprint density at radius 1 is 1.26 bits per heavy atom. The van der Waals surface area contributed by atoms with Crippen molar-refractivity contribution >= 4 is 23.9 Å². The second-order valence-electron chi connectivity index (χ2n) is 4.62. The molecule has 0 atom stereocenters. The molecule has 0 fully saturated rings. The van der Waals surface area contributed by atoms with Gasteiger partial charge in [0.2, 0.25) is 5.95 Å². The van der Waals surface area contributed by atoms with Crippen molar-refractivity contribution in [1.29, 1.82) is 0 Å². The quantitative estimate of drug-likeness (QED) is 0.652. The number of nitrogens with zero attached hydrogens (tertiary/aromatic N) is 4. The van der Waals surface area contributed by atoms with Crippen molar-refractivity contribution in [3.63, 3.8) is 0 Å². The number of aliphatic imine (C=N–C) groups is 1. The summed E-state index contributed by atoms with van der Waals surface area (Å²) < 4.78 is 0. The fourth-order valence-corrected chi connectivity index (χ4v) is 1.49. The molecule has 6 heteroatoms. The van der Waals surface area contributed by atoms with Gasteiger partial charge in [0, 0.05) is 19.8 Å². The lowest BCUT2D eigenvalue weighted by molar-refractivity contribution is 0.642. The van der Waals surface area contributed by atoms with Crippen molar-refractivity contribution in [2.45, 2.75) is 13.8 Å². The monoisotopic (exact) mass is 258 g/mol. The first-order valence-corrected chi connectivity index (χ1v) is 6.02. The first kappa shape index (κ1) is 13.1. The van der Waals surface area contributed by atoms with Gasteiger partial charge >= 0.3 is 0 Å². The zero-order valence-electron chi connectivity index (χ0n) is 11.6. The lowest BCUT2D eigenvalue weighted by Gasteiger charge is -2.05. The Morgan fingerprint density at radius 3 is 2.74 bits per heavy atom. The van der Waals surface area contributed by atoms with Gasteiger partial charge < -0.3 is 10.2 Å². The standard InChI is InChI=1S/C13H18N6/c1-9-5-6-11(7-10(9)2)15-13-16-12(17-18-13)14-8-19(3)4/h5-8H,1-4H3,(H2,15,16,17,18)/b14-8+. The maximum atomic E-state index is 4.23. The SMILES string of the molecule is Cc1ccc(Nc2nc(/N=C/N(C)C)n[nH]2)cc1C. The molecule has 6 nitrogen and oxygen atoms in total. The van der Waals surface area contributed by atoms with Crippen LogP contribution >= 0.6 is 0 Å². The lowest BCUT2D eigenvalue weighted by Crippen LogP contribution is -2.07. The van der Waals surface area contributed by atoms with Crippen molar-refractivity contribution in [2.24, 2.45) is 4.99 Å². The van der Waals surface area contributed by atoms with Crippen LogP contribution in [0.15, 0.2) is 23.2 Å². The molecule has 0 aliphatic rings. The summed E-state index contributed by atoms with van der Waals surface area (Å²) in [5.74, 6) is 0.981. The van der Waals surface area contributed by atoms with Gasteiger partial charge in [-0.05, 0) is 37.1 Å². The Balaban J connectivity index is 2.09. The smallest absolute Gasteiger partial charge is 0.271 e. The van der Waals surface area contributed by atoms with Gasteiger partial charge in [-0.2, -0.15) is 4.98 Å². The second kappa shape index (κ2) is 5.51. The maximum absolute atomic E-state index is 4.23. The number of aromatic nitrogens is 3. The number of anilines is 2. The first-order chi connectivity index (χ1) is 9.04. The van der Waals surface area contributed by atoms with Gasteiger partial charge in [-0.15, -0.1) is 5.10 Å². The molecule has 0 spiro atoms. The van der Waals surface area contributed by atoms with Crippen LogP contribution in [0, 0.1) is 13.8 Å². The number of aromatic amines is 1. The van der Waals surface area contributed by atoms with Crippen LogP contribution in [-0.4, -0.2) is 40.5 Å². The third-order valence-electron chi connectivity index (χ3n) is 2.65. The van der Waals surface area contributed by atoms with E-state index in [2.05, 4.69) is 51.5 Å². The van der Waals surface area contributed by atoms with Crippen LogP contribution in [0.5, 0.6) is 0 Å². The predicted molar refractivity (Wildman–Crippen MR) is 77.4 cm³/mol. The number of aryl methyl sites for hydroxylation is 2. The normalized spacial score (nSPS) is 10.9. The van der Waals surface area contributed by atoms with E-state index in [9.17, 15) is 0 Å². The van der Waals surface area contributed by atoms with Gasteiger partial charge in [0.15, 0.2) is 0 Å². The Labute approximate surface area is 112 Å². The van der Waals surface area contributed by atoms with Crippen LogP contribution in [-0.2, 0) is 0 Å². The molecule has 0 saturated heterocycles. The molecule has 19 heavy (non-hydrogen) atoms. The summed E-state index contributed by atoms with van der Waals surface area (Å²) in [6.07, 6.45) is 1.66. The van der Waals surface area contributed by atoms with Gasteiger partial charge in [0.05, 0.1) is 6.34 Å².